The molecule has 17 heavy (non-hydrogen) atoms. The number of hydrogen-bond acceptors (Lipinski definition) is 6. The van der Waals surface area contributed by atoms with Crippen LogP contribution >= 0.6 is 11.3 Å². The van der Waals surface area contributed by atoms with E-state index in [0.29, 0.717) is 19.0 Å². The lowest BCUT2D eigenvalue weighted by atomic mass is 10.2. The number of methoxy groups -OCH3 is 1. The molecule has 0 aliphatic rings. The highest BCUT2D eigenvalue weighted by Gasteiger charge is 2.12. The van der Waals surface area contributed by atoms with E-state index in [1.165, 1.54) is 0 Å². The van der Waals surface area contributed by atoms with Gasteiger partial charge in [0.05, 0.1) is 24.0 Å². The summed E-state index contributed by atoms with van der Waals surface area (Å²) in [5.41, 5.74) is 0. The van der Waals surface area contributed by atoms with Crippen molar-refractivity contribution in [2.24, 2.45) is 5.92 Å². The summed E-state index contributed by atoms with van der Waals surface area (Å²) in [6.07, 6.45) is 0. The van der Waals surface area contributed by atoms with E-state index in [-0.39, 0.29) is 5.92 Å². The maximum Gasteiger partial charge on any atom is 0.230 e. The first kappa shape index (κ1) is 13.7. The standard InChI is InChI=1S/C11H18N4OS/c1-8(5-12)6-13-7-9-10(16-4)14-11(17-9)15(2)3/h8,13H,6-7H2,1-4H3. The molecule has 1 rings (SSSR count). The van der Waals surface area contributed by atoms with Crippen LogP contribution in [0.3, 0.4) is 0 Å². The van der Waals surface area contributed by atoms with E-state index in [1.54, 1.807) is 18.4 Å². The molecule has 94 valence electrons. The third-order valence-electron chi connectivity index (χ3n) is 2.18. The van der Waals surface area contributed by atoms with Crippen molar-refractivity contribution in [3.63, 3.8) is 0 Å². The fraction of sp³-hybridized carbons (Fsp3) is 0.636. The molecule has 0 fully saturated rings. The molecule has 1 unspecified atom stereocenters. The van der Waals surface area contributed by atoms with E-state index in [1.807, 2.05) is 25.9 Å². The minimum Gasteiger partial charge on any atom is -0.480 e. The van der Waals surface area contributed by atoms with Crippen LogP contribution in [0.15, 0.2) is 0 Å². The molecular weight excluding hydrogens is 236 g/mol. The third-order valence-corrected chi connectivity index (χ3v) is 3.39. The zero-order chi connectivity index (χ0) is 12.8. The third kappa shape index (κ3) is 3.88. The zero-order valence-corrected chi connectivity index (χ0v) is 11.5. The van der Waals surface area contributed by atoms with Gasteiger partial charge in [-0.15, -0.1) is 0 Å². The number of aromatic nitrogens is 1. The molecule has 5 nitrogen and oxygen atoms in total. The normalized spacial score (nSPS) is 11.9. The maximum atomic E-state index is 8.68. The van der Waals surface area contributed by atoms with Gasteiger partial charge < -0.3 is 15.0 Å². The van der Waals surface area contributed by atoms with Crippen LogP contribution in [-0.4, -0.2) is 32.7 Å². The molecule has 6 heteroatoms. The number of nitrogens with zero attached hydrogens (tertiary/aromatic N) is 3. The molecule has 0 aliphatic heterocycles. The van der Waals surface area contributed by atoms with Crippen LogP contribution in [0, 0.1) is 17.2 Å². The van der Waals surface area contributed by atoms with Crippen molar-refractivity contribution in [2.45, 2.75) is 13.5 Å². The molecule has 0 aliphatic carbocycles. The van der Waals surface area contributed by atoms with E-state index in [9.17, 15) is 0 Å². The van der Waals surface area contributed by atoms with Crippen molar-refractivity contribution >= 4 is 16.5 Å². The van der Waals surface area contributed by atoms with Crippen molar-refractivity contribution in [3.8, 4) is 11.9 Å². The van der Waals surface area contributed by atoms with Gasteiger partial charge in [-0.2, -0.15) is 10.2 Å². The van der Waals surface area contributed by atoms with Gasteiger partial charge in [0.1, 0.15) is 0 Å². The van der Waals surface area contributed by atoms with Crippen LogP contribution in [-0.2, 0) is 6.54 Å². The smallest absolute Gasteiger partial charge is 0.230 e. The summed E-state index contributed by atoms with van der Waals surface area (Å²) in [4.78, 5) is 7.37. The van der Waals surface area contributed by atoms with Crippen molar-refractivity contribution in [3.05, 3.63) is 4.88 Å². The Morgan fingerprint density at radius 1 is 1.59 bits per heavy atom. The van der Waals surface area contributed by atoms with Crippen LogP contribution in [0.2, 0.25) is 0 Å². The van der Waals surface area contributed by atoms with E-state index < -0.39 is 0 Å². The zero-order valence-electron chi connectivity index (χ0n) is 10.6. The van der Waals surface area contributed by atoms with Gasteiger partial charge in [0.15, 0.2) is 5.13 Å². The Bertz CT molecular complexity index is 397. The molecule has 1 atom stereocenters. The largest absolute Gasteiger partial charge is 0.480 e. The van der Waals surface area contributed by atoms with Crippen LogP contribution in [0.4, 0.5) is 5.13 Å². The number of nitriles is 1. The fourth-order valence-corrected chi connectivity index (χ4v) is 2.16. The molecular formula is C11H18N4OS. The molecule has 0 aromatic carbocycles. The van der Waals surface area contributed by atoms with Gasteiger partial charge >= 0.3 is 0 Å². The molecule has 0 spiro atoms. The molecule has 0 saturated carbocycles. The summed E-state index contributed by atoms with van der Waals surface area (Å²) in [6.45, 7) is 3.25. The number of rotatable bonds is 6. The molecule has 0 amide bonds. The lowest BCUT2D eigenvalue weighted by Crippen LogP contribution is -2.19. The second kappa shape index (κ2) is 6.42. The Labute approximate surface area is 106 Å². The molecule has 1 N–H and O–H groups in total. The Morgan fingerprint density at radius 3 is 2.82 bits per heavy atom. The number of hydrogen-bond donors (Lipinski definition) is 1. The second-order valence-electron chi connectivity index (χ2n) is 3.98. The lowest BCUT2D eigenvalue weighted by Gasteiger charge is -2.05. The van der Waals surface area contributed by atoms with Gasteiger partial charge in [-0.1, -0.05) is 11.3 Å². The summed E-state index contributed by atoms with van der Waals surface area (Å²) in [5, 5.41) is 12.8. The fourth-order valence-electron chi connectivity index (χ4n) is 1.24. The van der Waals surface area contributed by atoms with Gasteiger partial charge in [-0.25, -0.2) is 0 Å². The summed E-state index contributed by atoms with van der Waals surface area (Å²) in [5.74, 6) is 0.679. The lowest BCUT2D eigenvalue weighted by molar-refractivity contribution is 0.394. The van der Waals surface area contributed by atoms with Gasteiger partial charge in [-0.05, 0) is 6.92 Å². The average molecular weight is 254 g/mol. The van der Waals surface area contributed by atoms with Crippen LogP contribution < -0.4 is 15.0 Å². The maximum absolute atomic E-state index is 8.68. The SMILES string of the molecule is COc1nc(N(C)C)sc1CNCC(C)C#N. The molecule has 1 heterocycles. The van der Waals surface area contributed by atoms with E-state index >= 15 is 0 Å². The van der Waals surface area contributed by atoms with Gasteiger partial charge in [0.25, 0.3) is 0 Å². The predicted molar refractivity (Wildman–Crippen MR) is 69.5 cm³/mol. The van der Waals surface area contributed by atoms with Crippen LogP contribution in [0.25, 0.3) is 0 Å². The molecule has 1 aromatic rings. The minimum atomic E-state index is 0.0160. The number of nitrogens with one attached hydrogen (secondary N) is 1. The summed E-state index contributed by atoms with van der Waals surface area (Å²) in [6, 6.07) is 2.19. The Hall–Kier alpha value is -1.32. The Morgan fingerprint density at radius 2 is 2.29 bits per heavy atom. The highest BCUT2D eigenvalue weighted by atomic mass is 32.1. The quantitative estimate of drug-likeness (QED) is 0.833. The highest BCUT2D eigenvalue weighted by Crippen LogP contribution is 2.30. The monoisotopic (exact) mass is 254 g/mol. The first-order valence-corrected chi connectivity index (χ1v) is 6.21. The predicted octanol–water partition coefficient (Wildman–Crippen LogP) is 1.47. The second-order valence-corrected chi connectivity index (χ2v) is 5.05. The van der Waals surface area contributed by atoms with E-state index in [0.717, 1.165) is 10.0 Å². The van der Waals surface area contributed by atoms with E-state index in [2.05, 4.69) is 16.4 Å². The average Bonchev–Trinajstić information content (AvgIpc) is 2.72. The van der Waals surface area contributed by atoms with Gasteiger partial charge in [0.2, 0.25) is 5.88 Å². The summed E-state index contributed by atoms with van der Waals surface area (Å²) >= 11 is 1.60. The topological polar surface area (TPSA) is 61.2 Å². The van der Waals surface area contributed by atoms with Gasteiger partial charge in [-0.3, -0.25) is 0 Å². The summed E-state index contributed by atoms with van der Waals surface area (Å²) < 4.78 is 5.23. The first-order valence-electron chi connectivity index (χ1n) is 5.39. The Balaban J connectivity index is 2.61. The van der Waals surface area contributed by atoms with E-state index in [4.69, 9.17) is 10.00 Å². The van der Waals surface area contributed by atoms with Crippen LogP contribution in [0.5, 0.6) is 5.88 Å². The number of ether oxygens (including phenoxy) is 1. The molecule has 1 aromatic heterocycles. The summed E-state index contributed by atoms with van der Waals surface area (Å²) in [7, 11) is 5.52. The minimum absolute atomic E-state index is 0.0160. The number of anilines is 1. The molecule has 0 bridgehead atoms. The van der Waals surface area contributed by atoms with Crippen molar-refractivity contribution in [1.82, 2.24) is 10.3 Å². The Kier molecular flexibility index (Phi) is 5.19. The van der Waals surface area contributed by atoms with Crippen molar-refractivity contribution < 1.29 is 4.74 Å². The van der Waals surface area contributed by atoms with Crippen molar-refractivity contribution in [1.29, 1.82) is 5.26 Å². The van der Waals surface area contributed by atoms with Crippen molar-refractivity contribution in [2.75, 3.05) is 32.6 Å². The molecule has 0 saturated heterocycles. The van der Waals surface area contributed by atoms with Gasteiger partial charge in [0, 0.05) is 27.2 Å². The number of thiazole rings is 1. The van der Waals surface area contributed by atoms with Crippen LogP contribution in [0.1, 0.15) is 11.8 Å². The molecule has 0 radical (unpaired) electrons. The highest BCUT2D eigenvalue weighted by molar-refractivity contribution is 7.15. The first-order chi connectivity index (χ1) is 8.08.